The number of nitrogens with one attached hydrogen (secondary N) is 2. The fourth-order valence-electron chi connectivity index (χ4n) is 2.50. The van der Waals surface area contributed by atoms with Gasteiger partial charge in [-0.1, -0.05) is 41.7 Å². The van der Waals surface area contributed by atoms with E-state index in [1.54, 1.807) is 24.3 Å². The maximum atomic E-state index is 13.0. The predicted molar refractivity (Wildman–Crippen MR) is 120 cm³/mol. The standard InChI is InChI=1S/C21H18N4O4S2/c1-13-24-25-21(30-13)23-20(29)19(14-5-3-2-4-6-14)31-16-9-7-15(8-10-16)22-17(26)11-12-18(27)28/h2-12,19H,1H3,(H,22,26)(H,27,28)(H,23,25,29)/b12-11+. The number of benzene rings is 2. The first-order valence-corrected chi connectivity index (χ1v) is 10.7. The summed E-state index contributed by atoms with van der Waals surface area (Å²) >= 11 is 2.66. The molecule has 0 radical (unpaired) electrons. The monoisotopic (exact) mass is 454 g/mol. The second kappa shape index (κ2) is 10.5. The third kappa shape index (κ3) is 6.76. The number of carbonyl (C=O) groups is 3. The van der Waals surface area contributed by atoms with Crippen LogP contribution in [-0.2, 0) is 14.4 Å². The predicted octanol–water partition coefficient (Wildman–Crippen LogP) is 3.90. The van der Waals surface area contributed by atoms with Gasteiger partial charge in [0.1, 0.15) is 10.3 Å². The summed E-state index contributed by atoms with van der Waals surface area (Å²) in [5.41, 5.74) is 1.34. The Morgan fingerprint density at radius 3 is 2.32 bits per heavy atom. The molecule has 2 amide bonds. The minimum absolute atomic E-state index is 0.219. The van der Waals surface area contributed by atoms with Gasteiger partial charge in [-0.05, 0) is 36.8 Å². The summed E-state index contributed by atoms with van der Waals surface area (Å²) in [5.74, 6) is -1.96. The number of carboxylic acid groups (broad SMARTS) is 1. The lowest BCUT2D eigenvalue weighted by atomic mass is 10.1. The van der Waals surface area contributed by atoms with Gasteiger partial charge in [0.15, 0.2) is 0 Å². The first kappa shape index (κ1) is 22.2. The van der Waals surface area contributed by atoms with Gasteiger partial charge >= 0.3 is 5.97 Å². The van der Waals surface area contributed by atoms with Crippen LogP contribution in [-0.4, -0.2) is 33.1 Å². The number of aryl methyl sites for hydroxylation is 1. The van der Waals surface area contributed by atoms with E-state index in [0.717, 1.165) is 27.6 Å². The molecule has 0 aliphatic heterocycles. The van der Waals surface area contributed by atoms with Crippen LogP contribution in [0.3, 0.4) is 0 Å². The number of anilines is 2. The third-order valence-corrected chi connectivity index (χ3v) is 5.87. The summed E-state index contributed by atoms with van der Waals surface area (Å²) in [6.07, 6.45) is 1.71. The van der Waals surface area contributed by atoms with Crippen molar-refractivity contribution in [1.29, 1.82) is 0 Å². The molecule has 1 aromatic heterocycles. The zero-order valence-electron chi connectivity index (χ0n) is 16.3. The lowest BCUT2D eigenvalue weighted by molar-refractivity contribution is -0.131. The molecule has 0 aliphatic carbocycles. The van der Waals surface area contributed by atoms with Crippen molar-refractivity contribution in [3.8, 4) is 0 Å². The van der Waals surface area contributed by atoms with E-state index in [1.165, 1.54) is 23.1 Å². The van der Waals surface area contributed by atoms with Crippen molar-refractivity contribution in [1.82, 2.24) is 10.2 Å². The number of hydrogen-bond donors (Lipinski definition) is 3. The Morgan fingerprint density at radius 2 is 1.71 bits per heavy atom. The van der Waals surface area contributed by atoms with Crippen molar-refractivity contribution in [2.24, 2.45) is 0 Å². The second-order valence-corrected chi connectivity index (χ2v) is 8.57. The van der Waals surface area contributed by atoms with Gasteiger partial charge in [0.2, 0.25) is 16.9 Å². The molecule has 0 spiro atoms. The average molecular weight is 455 g/mol. The summed E-state index contributed by atoms with van der Waals surface area (Å²) in [7, 11) is 0. The van der Waals surface area contributed by atoms with Gasteiger partial charge in [0.25, 0.3) is 0 Å². The molecule has 3 N–H and O–H groups in total. The Balaban J connectivity index is 1.72. The van der Waals surface area contributed by atoms with Crippen molar-refractivity contribution in [2.45, 2.75) is 17.1 Å². The quantitative estimate of drug-likeness (QED) is 0.349. The van der Waals surface area contributed by atoms with E-state index in [1.807, 2.05) is 37.3 Å². The molecule has 8 nitrogen and oxygen atoms in total. The van der Waals surface area contributed by atoms with Crippen LogP contribution in [0.5, 0.6) is 0 Å². The molecular formula is C21H18N4O4S2. The number of hydrogen-bond acceptors (Lipinski definition) is 7. The zero-order chi connectivity index (χ0) is 22.2. The number of amides is 2. The molecule has 158 valence electrons. The largest absolute Gasteiger partial charge is 0.478 e. The van der Waals surface area contributed by atoms with Gasteiger partial charge in [0.05, 0.1) is 0 Å². The highest BCUT2D eigenvalue weighted by atomic mass is 32.2. The Bertz CT molecular complexity index is 1100. The number of aromatic nitrogens is 2. The highest BCUT2D eigenvalue weighted by Crippen LogP contribution is 2.36. The fraction of sp³-hybridized carbons (Fsp3) is 0.0952. The fourth-order valence-corrected chi connectivity index (χ4v) is 4.12. The van der Waals surface area contributed by atoms with Crippen LogP contribution in [0, 0.1) is 6.92 Å². The molecule has 3 rings (SSSR count). The van der Waals surface area contributed by atoms with Gasteiger partial charge in [-0.15, -0.1) is 22.0 Å². The highest BCUT2D eigenvalue weighted by Gasteiger charge is 2.23. The summed E-state index contributed by atoms with van der Waals surface area (Å²) in [5, 5.41) is 22.5. The van der Waals surface area contributed by atoms with E-state index in [4.69, 9.17) is 5.11 Å². The smallest absolute Gasteiger partial charge is 0.328 e. The number of thioether (sulfide) groups is 1. The molecule has 0 saturated carbocycles. The molecule has 31 heavy (non-hydrogen) atoms. The van der Waals surface area contributed by atoms with Crippen LogP contribution in [0.4, 0.5) is 10.8 Å². The molecule has 2 aromatic carbocycles. The van der Waals surface area contributed by atoms with E-state index in [0.29, 0.717) is 10.8 Å². The molecule has 0 saturated heterocycles. The summed E-state index contributed by atoms with van der Waals surface area (Å²) < 4.78 is 0. The summed E-state index contributed by atoms with van der Waals surface area (Å²) in [6.45, 7) is 1.81. The van der Waals surface area contributed by atoms with Gasteiger partial charge in [-0.25, -0.2) is 4.79 Å². The normalized spacial score (nSPS) is 11.8. The van der Waals surface area contributed by atoms with Gasteiger partial charge in [-0.3, -0.25) is 14.9 Å². The second-order valence-electron chi connectivity index (χ2n) is 6.21. The Morgan fingerprint density at radius 1 is 1.00 bits per heavy atom. The summed E-state index contributed by atoms with van der Waals surface area (Å²) in [6, 6.07) is 16.3. The van der Waals surface area contributed by atoms with E-state index in [-0.39, 0.29) is 5.91 Å². The van der Waals surface area contributed by atoms with E-state index < -0.39 is 17.1 Å². The topological polar surface area (TPSA) is 121 Å². The first-order chi connectivity index (χ1) is 14.9. The molecule has 3 aromatic rings. The van der Waals surface area contributed by atoms with Crippen molar-refractivity contribution in [3.63, 3.8) is 0 Å². The molecule has 1 unspecified atom stereocenters. The average Bonchev–Trinajstić information content (AvgIpc) is 3.16. The molecular weight excluding hydrogens is 436 g/mol. The summed E-state index contributed by atoms with van der Waals surface area (Å²) in [4.78, 5) is 36.0. The number of nitrogens with zero attached hydrogens (tertiary/aromatic N) is 2. The van der Waals surface area contributed by atoms with Crippen LogP contribution in [0.25, 0.3) is 0 Å². The van der Waals surface area contributed by atoms with E-state index in [2.05, 4.69) is 20.8 Å². The van der Waals surface area contributed by atoms with Gasteiger partial charge < -0.3 is 10.4 Å². The number of carbonyl (C=O) groups excluding carboxylic acids is 2. The Hall–Kier alpha value is -3.50. The Labute approximate surface area is 186 Å². The van der Waals surface area contributed by atoms with Gasteiger partial charge in [0, 0.05) is 22.7 Å². The molecule has 0 fully saturated rings. The SMILES string of the molecule is Cc1nnc(NC(=O)C(Sc2ccc(NC(=O)/C=C/C(=O)O)cc2)c2ccccc2)s1. The minimum Gasteiger partial charge on any atom is -0.478 e. The van der Waals surface area contributed by atoms with Crippen LogP contribution >= 0.6 is 23.1 Å². The molecule has 10 heteroatoms. The molecule has 0 aliphatic rings. The van der Waals surface area contributed by atoms with E-state index in [9.17, 15) is 14.4 Å². The first-order valence-electron chi connectivity index (χ1n) is 9.05. The number of carboxylic acids is 1. The Kier molecular flexibility index (Phi) is 7.52. The van der Waals surface area contributed by atoms with Crippen molar-refractivity contribution in [3.05, 3.63) is 77.3 Å². The van der Waals surface area contributed by atoms with Crippen molar-refractivity contribution >= 4 is 51.7 Å². The lowest BCUT2D eigenvalue weighted by Gasteiger charge is -2.16. The van der Waals surface area contributed by atoms with Gasteiger partial charge in [-0.2, -0.15) is 0 Å². The van der Waals surface area contributed by atoms with Crippen LogP contribution in [0.2, 0.25) is 0 Å². The van der Waals surface area contributed by atoms with Crippen molar-refractivity contribution in [2.75, 3.05) is 10.6 Å². The zero-order valence-corrected chi connectivity index (χ0v) is 17.9. The maximum Gasteiger partial charge on any atom is 0.328 e. The van der Waals surface area contributed by atoms with Crippen LogP contribution in [0.1, 0.15) is 15.8 Å². The lowest BCUT2D eigenvalue weighted by Crippen LogP contribution is -2.19. The van der Waals surface area contributed by atoms with E-state index >= 15 is 0 Å². The molecule has 1 atom stereocenters. The highest BCUT2D eigenvalue weighted by molar-refractivity contribution is 8.00. The van der Waals surface area contributed by atoms with Crippen LogP contribution in [0.15, 0.2) is 71.6 Å². The number of aliphatic carboxylic acids is 1. The maximum absolute atomic E-state index is 13.0. The number of rotatable bonds is 8. The third-order valence-electron chi connectivity index (χ3n) is 3.85. The molecule has 1 heterocycles. The van der Waals surface area contributed by atoms with Crippen molar-refractivity contribution < 1.29 is 19.5 Å². The van der Waals surface area contributed by atoms with Crippen LogP contribution < -0.4 is 10.6 Å². The minimum atomic E-state index is -1.20. The molecule has 0 bridgehead atoms.